The number of carbonyl (C=O) groups excluding carboxylic acids is 1. The number of esters is 1. The second kappa shape index (κ2) is 15.1. The molecule has 230 valence electrons. The van der Waals surface area contributed by atoms with Gasteiger partial charge in [-0.1, -0.05) is 77.8 Å². The van der Waals surface area contributed by atoms with Crippen molar-refractivity contribution in [1.29, 1.82) is 0 Å². The Morgan fingerprint density at radius 3 is 2.40 bits per heavy atom. The lowest BCUT2D eigenvalue weighted by Gasteiger charge is -2.18. The van der Waals surface area contributed by atoms with Crippen molar-refractivity contribution in [2.45, 2.75) is 22.3 Å². The molecule has 5 rings (SSSR count). The van der Waals surface area contributed by atoms with Gasteiger partial charge in [0, 0.05) is 33.0 Å². The number of benzene rings is 4. The number of hydrogen-bond donors (Lipinski definition) is 1. The molecule has 0 saturated heterocycles. The van der Waals surface area contributed by atoms with Gasteiger partial charge in [0.05, 0.1) is 28.8 Å². The maximum Gasteiger partial charge on any atom is 0.337 e. The molecule has 0 saturated carbocycles. The van der Waals surface area contributed by atoms with E-state index in [-0.39, 0.29) is 22.7 Å². The molecule has 1 N–H and O–H groups in total. The Kier molecular flexibility index (Phi) is 11.0. The van der Waals surface area contributed by atoms with E-state index in [1.165, 1.54) is 19.2 Å². The van der Waals surface area contributed by atoms with Gasteiger partial charge >= 0.3 is 5.97 Å². The first-order chi connectivity index (χ1) is 21.7. The van der Waals surface area contributed by atoms with Crippen molar-refractivity contribution in [2.75, 3.05) is 13.7 Å². The quantitative estimate of drug-likeness (QED) is 0.133. The Morgan fingerprint density at radius 2 is 1.64 bits per heavy atom. The molecule has 1 unspecified atom stereocenters. The van der Waals surface area contributed by atoms with Crippen molar-refractivity contribution < 1.29 is 17.9 Å². The van der Waals surface area contributed by atoms with E-state index in [1.54, 1.807) is 36.0 Å². The van der Waals surface area contributed by atoms with E-state index >= 15 is 0 Å². The van der Waals surface area contributed by atoms with Crippen molar-refractivity contribution in [1.82, 2.24) is 9.71 Å². The minimum absolute atomic E-state index is 0.0208. The van der Waals surface area contributed by atoms with Crippen molar-refractivity contribution in [3.05, 3.63) is 141 Å². The van der Waals surface area contributed by atoms with Crippen LogP contribution in [-0.2, 0) is 20.5 Å². The number of pyridine rings is 1. The molecule has 1 atom stereocenters. The zero-order valence-corrected chi connectivity index (χ0v) is 27.5. The van der Waals surface area contributed by atoms with Gasteiger partial charge in [-0.3, -0.25) is 0 Å². The van der Waals surface area contributed by atoms with Crippen molar-refractivity contribution >= 4 is 74.0 Å². The van der Waals surface area contributed by atoms with Gasteiger partial charge in [0.1, 0.15) is 0 Å². The van der Waals surface area contributed by atoms with Crippen LogP contribution >= 0.6 is 35.0 Å². The standard InChI is InChI=1S/C35H30Cl2N2O4S2/c1-43-35(40)27-8-5-25(6-9-27)23-44-34(19-20-38-45(41,42)32-17-13-29(36)14-18-32)28-4-2-3-24(21-28)7-15-31-16-11-26-10-12-30(37)22-33(26)39-31/h2-18,21-22,34,38H,19-20,23H2,1H3/b15-7+. The highest BCUT2D eigenvalue weighted by molar-refractivity contribution is 7.98. The van der Waals surface area contributed by atoms with Gasteiger partial charge in [0.15, 0.2) is 0 Å². The molecule has 0 amide bonds. The third kappa shape index (κ3) is 8.96. The average Bonchev–Trinajstić information content (AvgIpc) is 3.05. The molecule has 4 aromatic carbocycles. The van der Waals surface area contributed by atoms with Crippen LogP contribution in [0.15, 0.2) is 108 Å². The van der Waals surface area contributed by atoms with Crippen LogP contribution in [0.2, 0.25) is 10.0 Å². The Bertz CT molecular complexity index is 1930. The Morgan fingerprint density at radius 1 is 0.911 bits per heavy atom. The highest BCUT2D eigenvalue weighted by Crippen LogP contribution is 2.35. The minimum atomic E-state index is -3.69. The summed E-state index contributed by atoms with van der Waals surface area (Å²) in [5.41, 5.74) is 5.23. The van der Waals surface area contributed by atoms with E-state index in [9.17, 15) is 13.2 Å². The van der Waals surface area contributed by atoms with Gasteiger partial charge in [-0.2, -0.15) is 0 Å². The van der Waals surface area contributed by atoms with Gasteiger partial charge in [0.25, 0.3) is 0 Å². The average molecular weight is 678 g/mol. The number of fused-ring (bicyclic) bond motifs is 1. The summed E-state index contributed by atoms with van der Waals surface area (Å²) in [5.74, 6) is 0.285. The number of hydrogen-bond acceptors (Lipinski definition) is 6. The van der Waals surface area contributed by atoms with E-state index < -0.39 is 10.0 Å². The van der Waals surface area contributed by atoms with E-state index in [0.717, 1.165) is 33.3 Å². The fourth-order valence-electron chi connectivity index (χ4n) is 4.66. The third-order valence-electron chi connectivity index (χ3n) is 7.05. The largest absolute Gasteiger partial charge is 0.465 e. The molecule has 45 heavy (non-hydrogen) atoms. The molecule has 0 bridgehead atoms. The number of aromatic nitrogens is 1. The minimum Gasteiger partial charge on any atom is -0.465 e. The summed E-state index contributed by atoms with van der Waals surface area (Å²) < 4.78 is 33.3. The number of thioether (sulfide) groups is 1. The summed E-state index contributed by atoms with van der Waals surface area (Å²) in [6, 6.07) is 31.2. The first-order valence-electron chi connectivity index (χ1n) is 14.1. The molecular weight excluding hydrogens is 647 g/mol. The molecular formula is C35H30Cl2N2O4S2. The maximum absolute atomic E-state index is 12.9. The summed E-state index contributed by atoms with van der Waals surface area (Å²) in [4.78, 5) is 16.7. The predicted molar refractivity (Wildman–Crippen MR) is 185 cm³/mol. The lowest BCUT2D eigenvalue weighted by molar-refractivity contribution is 0.0600. The number of rotatable bonds is 12. The smallest absolute Gasteiger partial charge is 0.337 e. The van der Waals surface area contributed by atoms with Crippen LogP contribution in [-0.4, -0.2) is 33.0 Å². The SMILES string of the molecule is COC(=O)c1ccc(CSC(CCNS(=O)(=O)c2ccc(Cl)cc2)c2cccc(/C=C/c3ccc4ccc(Cl)cc4n3)c2)cc1. The number of carbonyl (C=O) groups is 1. The van der Waals surface area contributed by atoms with E-state index in [1.807, 2.05) is 66.7 Å². The summed E-state index contributed by atoms with van der Waals surface area (Å²) >= 11 is 13.8. The number of nitrogens with one attached hydrogen (secondary N) is 1. The lowest BCUT2D eigenvalue weighted by Crippen LogP contribution is -2.25. The van der Waals surface area contributed by atoms with Gasteiger partial charge < -0.3 is 4.74 Å². The highest BCUT2D eigenvalue weighted by atomic mass is 35.5. The normalized spacial score (nSPS) is 12.4. The van der Waals surface area contributed by atoms with Gasteiger partial charge in [-0.25, -0.2) is 22.9 Å². The Balaban J connectivity index is 1.33. The molecule has 0 fully saturated rings. The van der Waals surface area contributed by atoms with E-state index in [0.29, 0.717) is 27.8 Å². The van der Waals surface area contributed by atoms with Crippen molar-refractivity contribution in [3.8, 4) is 0 Å². The number of methoxy groups -OCH3 is 1. The van der Waals surface area contributed by atoms with E-state index in [2.05, 4.69) is 16.9 Å². The lowest BCUT2D eigenvalue weighted by atomic mass is 10.1. The number of ether oxygens (including phenoxy) is 1. The molecule has 6 nitrogen and oxygen atoms in total. The van der Waals surface area contributed by atoms with Gasteiger partial charge in [-0.15, -0.1) is 11.8 Å². The maximum atomic E-state index is 12.9. The fraction of sp³-hybridized carbons (Fsp3) is 0.143. The number of halogens is 2. The van der Waals surface area contributed by atoms with Crippen molar-refractivity contribution in [2.24, 2.45) is 0 Å². The van der Waals surface area contributed by atoms with Crippen LogP contribution in [0, 0.1) is 0 Å². The molecule has 1 aromatic heterocycles. The van der Waals surface area contributed by atoms with Crippen molar-refractivity contribution in [3.63, 3.8) is 0 Å². The van der Waals surface area contributed by atoms with Gasteiger partial charge in [-0.05, 0) is 83.8 Å². The fourth-order valence-corrected chi connectivity index (χ4v) is 7.21. The van der Waals surface area contributed by atoms with Crippen LogP contribution in [0.25, 0.3) is 23.1 Å². The molecule has 0 spiro atoms. The molecule has 0 radical (unpaired) electrons. The summed E-state index contributed by atoms with van der Waals surface area (Å²) in [6.45, 7) is 0.244. The van der Waals surface area contributed by atoms with Gasteiger partial charge in [0.2, 0.25) is 10.0 Å². The number of nitrogens with zero attached hydrogens (tertiary/aromatic N) is 1. The van der Waals surface area contributed by atoms with Crippen LogP contribution in [0.5, 0.6) is 0 Å². The predicted octanol–water partition coefficient (Wildman–Crippen LogP) is 8.84. The number of sulfonamides is 1. The summed E-state index contributed by atoms with van der Waals surface area (Å²) in [7, 11) is -2.33. The zero-order valence-electron chi connectivity index (χ0n) is 24.3. The molecule has 0 aliphatic heterocycles. The molecule has 0 aliphatic rings. The molecule has 10 heteroatoms. The Labute approximate surface area is 277 Å². The monoisotopic (exact) mass is 676 g/mol. The zero-order chi connectivity index (χ0) is 31.8. The molecule has 0 aliphatic carbocycles. The van der Waals surface area contributed by atoms with Crippen LogP contribution in [0.3, 0.4) is 0 Å². The second-order valence-corrected chi connectivity index (χ2v) is 14.0. The highest BCUT2D eigenvalue weighted by Gasteiger charge is 2.17. The second-order valence-electron chi connectivity index (χ2n) is 10.2. The van der Waals surface area contributed by atoms with Crippen LogP contribution in [0.4, 0.5) is 0 Å². The first kappa shape index (κ1) is 32.7. The van der Waals surface area contributed by atoms with E-state index in [4.69, 9.17) is 32.9 Å². The molecule has 5 aromatic rings. The third-order valence-corrected chi connectivity index (χ3v) is 10.4. The van der Waals surface area contributed by atoms with Crippen LogP contribution in [0.1, 0.15) is 44.4 Å². The summed E-state index contributed by atoms with van der Waals surface area (Å²) in [5, 5.41) is 2.11. The summed E-state index contributed by atoms with van der Waals surface area (Å²) in [6.07, 6.45) is 4.53. The first-order valence-corrected chi connectivity index (χ1v) is 17.4. The Hall–Kier alpha value is -3.66. The topological polar surface area (TPSA) is 85.4 Å². The molecule has 1 heterocycles. The van der Waals surface area contributed by atoms with Crippen LogP contribution < -0.4 is 4.72 Å².